The molecule has 0 amide bonds. The highest BCUT2D eigenvalue weighted by molar-refractivity contribution is 6.42. The fraction of sp³-hybridized carbons (Fsp3) is 0.417. The number of aromatic nitrogens is 1. The highest BCUT2D eigenvalue weighted by Crippen LogP contribution is 2.40. The summed E-state index contributed by atoms with van der Waals surface area (Å²) in [5.41, 5.74) is 3.28. The maximum Gasteiger partial charge on any atom is 0.131 e. The predicted molar refractivity (Wildman–Crippen MR) is 125 cm³/mol. The SMILES string of the molecule is CC(C)C1=CN(c2ccc(Cl)c(Cl)c2)C(c2ccc[nH]2)C(OCCN2CCCC2)=C1. The van der Waals surface area contributed by atoms with Crippen molar-refractivity contribution in [1.82, 2.24) is 9.88 Å². The molecule has 4 nitrogen and oxygen atoms in total. The molecule has 0 spiro atoms. The lowest BCUT2D eigenvalue weighted by Crippen LogP contribution is -2.31. The van der Waals surface area contributed by atoms with Crippen LogP contribution in [-0.2, 0) is 4.74 Å². The molecule has 1 saturated heterocycles. The monoisotopic (exact) mass is 445 g/mol. The Hall–Kier alpha value is -1.88. The van der Waals surface area contributed by atoms with Crippen molar-refractivity contribution in [3.05, 3.63) is 75.9 Å². The molecule has 4 rings (SSSR count). The molecule has 3 heterocycles. The van der Waals surface area contributed by atoms with Crippen LogP contribution in [0.3, 0.4) is 0 Å². The molecule has 6 heteroatoms. The second-order valence-corrected chi connectivity index (χ2v) is 9.08. The van der Waals surface area contributed by atoms with Crippen LogP contribution in [0.1, 0.15) is 38.4 Å². The van der Waals surface area contributed by atoms with Crippen LogP contribution in [0.25, 0.3) is 0 Å². The number of nitrogens with zero attached hydrogens (tertiary/aromatic N) is 2. The molecule has 1 aromatic heterocycles. The molecule has 2 aliphatic heterocycles. The Bertz CT molecular complexity index is 915. The third-order valence-electron chi connectivity index (χ3n) is 5.80. The number of H-pyrrole nitrogens is 1. The van der Waals surface area contributed by atoms with Gasteiger partial charge < -0.3 is 14.6 Å². The van der Waals surface area contributed by atoms with Gasteiger partial charge in [0.2, 0.25) is 0 Å². The molecule has 1 atom stereocenters. The summed E-state index contributed by atoms with van der Waals surface area (Å²) < 4.78 is 6.43. The molecule has 0 saturated carbocycles. The molecular formula is C24H29Cl2N3O. The molecule has 1 N–H and O–H groups in total. The minimum absolute atomic E-state index is 0.0849. The third-order valence-corrected chi connectivity index (χ3v) is 6.54. The number of aromatic amines is 1. The van der Waals surface area contributed by atoms with Gasteiger partial charge in [0, 0.05) is 30.3 Å². The van der Waals surface area contributed by atoms with E-state index in [1.165, 1.54) is 31.5 Å². The zero-order chi connectivity index (χ0) is 21.1. The van der Waals surface area contributed by atoms with Crippen LogP contribution in [0, 0.1) is 5.92 Å². The molecule has 0 bridgehead atoms. The smallest absolute Gasteiger partial charge is 0.131 e. The molecule has 0 aliphatic carbocycles. The number of nitrogens with one attached hydrogen (secondary N) is 1. The maximum atomic E-state index is 6.43. The van der Waals surface area contributed by atoms with Crippen LogP contribution in [0.4, 0.5) is 5.69 Å². The Balaban J connectivity index is 1.66. The summed E-state index contributed by atoms with van der Waals surface area (Å²) in [6, 6.07) is 9.80. The van der Waals surface area contributed by atoms with E-state index in [4.69, 9.17) is 27.9 Å². The normalized spacial score (nSPS) is 19.9. The minimum atomic E-state index is -0.0849. The van der Waals surface area contributed by atoms with Gasteiger partial charge in [-0.05, 0) is 73.8 Å². The van der Waals surface area contributed by atoms with Gasteiger partial charge in [0.05, 0.1) is 10.0 Å². The molecule has 2 aromatic rings. The van der Waals surface area contributed by atoms with Gasteiger partial charge in [0.25, 0.3) is 0 Å². The van der Waals surface area contributed by atoms with E-state index in [0.29, 0.717) is 22.6 Å². The summed E-state index contributed by atoms with van der Waals surface area (Å²) in [4.78, 5) is 8.08. The van der Waals surface area contributed by atoms with E-state index >= 15 is 0 Å². The quantitative estimate of drug-likeness (QED) is 0.533. The number of hydrogen-bond donors (Lipinski definition) is 1. The van der Waals surface area contributed by atoms with Crippen molar-refractivity contribution in [1.29, 1.82) is 0 Å². The van der Waals surface area contributed by atoms with Crippen LogP contribution < -0.4 is 4.90 Å². The van der Waals surface area contributed by atoms with Crippen LogP contribution >= 0.6 is 23.2 Å². The number of likely N-dealkylation sites (tertiary alicyclic amines) is 1. The Kier molecular flexibility index (Phi) is 6.77. The third kappa shape index (κ3) is 4.72. The highest BCUT2D eigenvalue weighted by atomic mass is 35.5. The first-order valence-electron chi connectivity index (χ1n) is 10.7. The molecular weight excluding hydrogens is 417 g/mol. The number of anilines is 1. The van der Waals surface area contributed by atoms with Crippen molar-refractivity contribution < 1.29 is 4.74 Å². The zero-order valence-electron chi connectivity index (χ0n) is 17.6. The Morgan fingerprint density at radius 2 is 1.93 bits per heavy atom. The number of hydrogen-bond acceptors (Lipinski definition) is 3. The van der Waals surface area contributed by atoms with Crippen LogP contribution in [0.15, 0.2) is 60.1 Å². The number of ether oxygens (including phenoxy) is 1. The van der Waals surface area contributed by atoms with Crippen LogP contribution in [0.2, 0.25) is 10.0 Å². The van der Waals surface area contributed by atoms with Crippen molar-refractivity contribution in [2.75, 3.05) is 31.1 Å². The second kappa shape index (κ2) is 9.51. The maximum absolute atomic E-state index is 6.43. The lowest BCUT2D eigenvalue weighted by Gasteiger charge is -2.36. The number of rotatable bonds is 7. The molecule has 0 radical (unpaired) electrons. The summed E-state index contributed by atoms with van der Waals surface area (Å²) in [7, 11) is 0. The Labute approximate surface area is 189 Å². The van der Waals surface area contributed by atoms with E-state index < -0.39 is 0 Å². The average molecular weight is 446 g/mol. The fourth-order valence-electron chi connectivity index (χ4n) is 4.07. The largest absolute Gasteiger partial charge is 0.494 e. The molecule has 160 valence electrons. The molecule has 2 aliphatic rings. The number of allylic oxidation sites excluding steroid dienone is 2. The van der Waals surface area contributed by atoms with E-state index in [1.807, 2.05) is 30.5 Å². The summed E-state index contributed by atoms with van der Waals surface area (Å²) in [6.07, 6.45) is 8.93. The van der Waals surface area contributed by atoms with Gasteiger partial charge in [-0.25, -0.2) is 0 Å². The highest BCUT2D eigenvalue weighted by Gasteiger charge is 2.31. The summed E-state index contributed by atoms with van der Waals surface area (Å²) in [5.74, 6) is 1.32. The van der Waals surface area contributed by atoms with Crippen LogP contribution in [0.5, 0.6) is 0 Å². The first-order chi connectivity index (χ1) is 14.5. The van der Waals surface area contributed by atoms with E-state index in [9.17, 15) is 0 Å². The van der Waals surface area contributed by atoms with Gasteiger partial charge in [0.15, 0.2) is 0 Å². The molecule has 1 aromatic carbocycles. The van der Waals surface area contributed by atoms with E-state index in [-0.39, 0.29) is 6.04 Å². The molecule has 30 heavy (non-hydrogen) atoms. The standard InChI is InChI=1S/C24H29Cl2N3O/c1-17(2)18-14-23(30-13-12-28-10-3-4-11-28)24(22-6-5-9-27-22)29(16-18)19-7-8-20(25)21(26)15-19/h5-9,14-17,24,27H,3-4,10-13H2,1-2H3. The van der Waals surface area contributed by atoms with E-state index in [0.717, 1.165) is 23.7 Å². The molecule has 1 fully saturated rings. The fourth-order valence-corrected chi connectivity index (χ4v) is 4.37. The first-order valence-corrected chi connectivity index (χ1v) is 11.4. The van der Waals surface area contributed by atoms with E-state index in [2.05, 4.69) is 47.0 Å². The van der Waals surface area contributed by atoms with E-state index in [1.54, 1.807) is 0 Å². The lowest BCUT2D eigenvalue weighted by atomic mass is 9.96. The number of benzene rings is 1. The van der Waals surface area contributed by atoms with Gasteiger partial charge in [-0.15, -0.1) is 0 Å². The van der Waals surface area contributed by atoms with Gasteiger partial charge in [0.1, 0.15) is 18.4 Å². The van der Waals surface area contributed by atoms with Gasteiger partial charge in [-0.3, -0.25) is 4.90 Å². The van der Waals surface area contributed by atoms with Crippen molar-refractivity contribution >= 4 is 28.9 Å². The summed E-state index contributed by atoms with van der Waals surface area (Å²) >= 11 is 12.5. The van der Waals surface area contributed by atoms with Crippen molar-refractivity contribution in [3.63, 3.8) is 0 Å². The second-order valence-electron chi connectivity index (χ2n) is 8.26. The Morgan fingerprint density at radius 3 is 2.60 bits per heavy atom. The minimum Gasteiger partial charge on any atom is -0.494 e. The summed E-state index contributed by atoms with van der Waals surface area (Å²) in [6.45, 7) is 8.40. The molecule has 1 unspecified atom stereocenters. The van der Waals surface area contributed by atoms with Crippen LogP contribution in [-0.4, -0.2) is 36.1 Å². The topological polar surface area (TPSA) is 31.5 Å². The Morgan fingerprint density at radius 1 is 1.13 bits per heavy atom. The lowest BCUT2D eigenvalue weighted by molar-refractivity contribution is 0.157. The number of halogens is 2. The average Bonchev–Trinajstić information content (AvgIpc) is 3.43. The van der Waals surface area contributed by atoms with Gasteiger partial charge in [-0.1, -0.05) is 37.0 Å². The van der Waals surface area contributed by atoms with Crippen molar-refractivity contribution in [3.8, 4) is 0 Å². The summed E-state index contributed by atoms with van der Waals surface area (Å²) in [5, 5.41) is 1.10. The predicted octanol–water partition coefficient (Wildman–Crippen LogP) is 6.42. The van der Waals surface area contributed by atoms with Crippen molar-refractivity contribution in [2.24, 2.45) is 5.92 Å². The van der Waals surface area contributed by atoms with Crippen molar-refractivity contribution in [2.45, 2.75) is 32.7 Å². The zero-order valence-corrected chi connectivity index (χ0v) is 19.1. The van der Waals surface area contributed by atoms with Gasteiger partial charge in [-0.2, -0.15) is 0 Å². The first kappa shape index (κ1) is 21.4. The van der Waals surface area contributed by atoms with Gasteiger partial charge >= 0.3 is 0 Å².